The number of rotatable bonds is 1. The number of hydrogen-bond acceptors (Lipinski definition) is 4. The second kappa shape index (κ2) is 3.32. The summed E-state index contributed by atoms with van der Waals surface area (Å²) >= 11 is 0. The molecule has 0 bridgehead atoms. The maximum absolute atomic E-state index is 5.62. The largest absolute Gasteiger partial charge is 0.442 e. The molecule has 0 amide bonds. The van der Waals surface area contributed by atoms with Gasteiger partial charge in [0, 0.05) is 18.7 Å². The zero-order chi connectivity index (χ0) is 9.26. The highest BCUT2D eigenvalue weighted by Crippen LogP contribution is 2.20. The van der Waals surface area contributed by atoms with Crippen molar-refractivity contribution in [1.29, 1.82) is 0 Å². The van der Waals surface area contributed by atoms with E-state index < -0.39 is 0 Å². The van der Waals surface area contributed by atoms with E-state index in [9.17, 15) is 0 Å². The van der Waals surface area contributed by atoms with E-state index in [1.165, 1.54) is 0 Å². The number of aromatic nitrogens is 1. The molecular formula is C9H13N3O. The quantitative estimate of drug-likeness (QED) is 0.652. The van der Waals surface area contributed by atoms with Crippen LogP contribution in [0.5, 0.6) is 0 Å². The van der Waals surface area contributed by atoms with Crippen molar-refractivity contribution in [3.05, 3.63) is 23.9 Å². The summed E-state index contributed by atoms with van der Waals surface area (Å²) in [6.45, 7) is 3.54. The van der Waals surface area contributed by atoms with Gasteiger partial charge in [-0.3, -0.25) is 5.84 Å². The molecule has 0 radical (unpaired) electrons. The van der Waals surface area contributed by atoms with Gasteiger partial charge in [0.05, 0.1) is 6.20 Å². The van der Waals surface area contributed by atoms with Gasteiger partial charge < -0.3 is 4.42 Å². The molecule has 0 atom stereocenters. The Bertz CT molecular complexity index is 329. The van der Waals surface area contributed by atoms with E-state index >= 15 is 0 Å². The van der Waals surface area contributed by atoms with Crippen LogP contribution in [0.4, 0.5) is 0 Å². The number of hydrazine groups is 1. The molecule has 0 saturated carbocycles. The van der Waals surface area contributed by atoms with Crippen molar-refractivity contribution in [3.8, 4) is 0 Å². The van der Waals surface area contributed by atoms with Crippen molar-refractivity contribution < 1.29 is 4.42 Å². The number of oxazole rings is 1. The van der Waals surface area contributed by atoms with E-state index in [2.05, 4.69) is 11.1 Å². The van der Waals surface area contributed by atoms with Crippen LogP contribution in [-0.4, -0.2) is 23.1 Å². The summed E-state index contributed by atoms with van der Waals surface area (Å²) in [5.74, 6) is 7.21. The highest BCUT2D eigenvalue weighted by molar-refractivity contribution is 5.59. The summed E-state index contributed by atoms with van der Waals surface area (Å²) < 4.78 is 5.42. The van der Waals surface area contributed by atoms with Gasteiger partial charge >= 0.3 is 0 Å². The van der Waals surface area contributed by atoms with E-state index in [0.29, 0.717) is 0 Å². The van der Waals surface area contributed by atoms with Crippen LogP contribution in [0.2, 0.25) is 0 Å². The Labute approximate surface area is 77.0 Å². The molecule has 0 unspecified atom stereocenters. The second-order valence-corrected chi connectivity index (χ2v) is 3.25. The molecule has 2 N–H and O–H groups in total. The fourth-order valence-corrected chi connectivity index (χ4v) is 1.38. The van der Waals surface area contributed by atoms with Crippen LogP contribution in [0.3, 0.4) is 0 Å². The fourth-order valence-electron chi connectivity index (χ4n) is 1.38. The molecule has 1 aromatic heterocycles. The molecule has 2 heterocycles. The van der Waals surface area contributed by atoms with Crippen molar-refractivity contribution in [3.63, 3.8) is 0 Å². The zero-order valence-corrected chi connectivity index (χ0v) is 7.66. The van der Waals surface area contributed by atoms with Gasteiger partial charge in [-0.2, -0.15) is 0 Å². The lowest BCUT2D eigenvalue weighted by atomic mass is 10.1. The highest BCUT2D eigenvalue weighted by Gasteiger charge is 2.13. The van der Waals surface area contributed by atoms with Crippen LogP contribution in [-0.2, 0) is 0 Å². The summed E-state index contributed by atoms with van der Waals surface area (Å²) in [4.78, 5) is 4.17. The maximum Gasteiger partial charge on any atom is 0.221 e. The molecule has 0 aromatic carbocycles. The predicted molar refractivity (Wildman–Crippen MR) is 49.6 cm³/mol. The lowest BCUT2D eigenvalue weighted by Gasteiger charge is -2.19. The first-order valence-corrected chi connectivity index (χ1v) is 4.37. The minimum atomic E-state index is 0.741. The third-order valence-electron chi connectivity index (χ3n) is 2.14. The molecule has 4 nitrogen and oxygen atoms in total. The summed E-state index contributed by atoms with van der Waals surface area (Å²) in [6.07, 6.45) is 4.72. The Balaban J connectivity index is 2.18. The van der Waals surface area contributed by atoms with Crippen molar-refractivity contribution in [2.24, 2.45) is 5.84 Å². The minimum absolute atomic E-state index is 0.741. The highest BCUT2D eigenvalue weighted by atomic mass is 16.4. The van der Waals surface area contributed by atoms with Gasteiger partial charge in [-0.05, 0) is 13.3 Å². The lowest BCUT2D eigenvalue weighted by molar-refractivity contribution is 0.312. The standard InChI is InChI=1S/C9H13N3O/c1-7-6-11-9(13-7)8-2-4-12(10)5-3-8/h2,6H,3-5,10H2,1H3. The molecule has 0 aliphatic carbocycles. The molecule has 1 aliphatic rings. The van der Waals surface area contributed by atoms with Crippen LogP contribution in [0.1, 0.15) is 18.1 Å². The topological polar surface area (TPSA) is 55.3 Å². The molecule has 0 fully saturated rings. The van der Waals surface area contributed by atoms with Crippen LogP contribution >= 0.6 is 0 Å². The normalized spacial score (nSPS) is 18.8. The van der Waals surface area contributed by atoms with E-state index in [-0.39, 0.29) is 0 Å². The fraction of sp³-hybridized carbons (Fsp3) is 0.444. The van der Waals surface area contributed by atoms with Crippen molar-refractivity contribution >= 4 is 5.57 Å². The van der Waals surface area contributed by atoms with E-state index in [1.54, 1.807) is 11.2 Å². The van der Waals surface area contributed by atoms with Gasteiger partial charge in [0.25, 0.3) is 0 Å². The molecule has 0 spiro atoms. The van der Waals surface area contributed by atoms with Gasteiger partial charge in [0.1, 0.15) is 5.76 Å². The molecule has 13 heavy (non-hydrogen) atoms. The van der Waals surface area contributed by atoms with E-state index in [0.717, 1.165) is 36.7 Å². The summed E-state index contributed by atoms with van der Waals surface area (Å²) in [6, 6.07) is 0. The van der Waals surface area contributed by atoms with Gasteiger partial charge in [0.15, 0.2) is 0 Å². The Kier molecular flexibility index (Phi) is 2.16. The Hall–Kier alpha value is -1.13. The first kappa shape index (κ1) is 8.47. The van der Waals surface area contributed by atoms with Crippen molar-refractivity contribution in [2.75, 3.05) is 13.1 Å². The molecule has 0 saturated heterocycles. The van der Waals surface area contributed by atoms with Crippen LogP contribution in [0.25, 0.3) is 5.57 Å². The van der Waals surface area contributed by atoms with E-state index in [1.807, 2.05) is 6.92 Å². The number of hydrogen-bond donors (Lipinski definition) is 1. The first-order chi connectivity index (χ1) is 6.25. The molecule has 1 aromatic rings. The maximum atomic E-state index is 5.62. The van der Waals surface area contributed by atoms with Crippen molar-refractivity contribution in [1.82, 2.24) is 9.99 Å². The second-order valence-electron chi connectivity index (χ2n) is 3.25. The third-order valence-corrected chi connectivity index (χ3v) is 2.14. The summed E-state index contributed by atoms with van der Waals surface area (Å²) in [5.41, 5.74) is 1.16. The van der Waals surface area contributed by atoms with Gasteiger partial charge in [-0.1, -0.05) is 6.08 Å². The SMILES string of the molecule is Cc1cnc(C2=CCN(N)CC2)o1. The molecular weight excluding hydrogens is 166 g/mol. The van der Waals surface area contributed by atoms with Crippen LogP contribution < -0.4 is 5.84 Å². The zero-order valence-electron chi connectivity index (χ0n) is 7.66. The summed E-state index contributed by atoms with van der Waals surface area (Å²) in [5, 5.41) is 1.78. The molecule has 1 aliphatic heterocycles. The number of aryl methyl sites for hydroxylation is 1. The Morgan fingerprint density at radius 3 is 3.00 bits per heavy atom. The smallest absolute Gasteiger partial charge is 0.221 e. The molecule has 4 heteroatoms. The van der Waals surface area contributed by atoms with E-state index in [4.69, 9.17) is 10.3 Å². The average Bonchev–Trinajstić information content (AvgIpc) is 2.53. The molecule has 70 valence electrons. The number of nitrogens with zero attached hydrogens (tertiary/aromatic N) is 2. The van der Waals surface area contributed by atoms with Gasteiger partial charge in [-0.15, -0.1) is 0 Å². The minimum Gasteiger partial charge on any atom is -0.442 e. The Morgan fingerprint density at radius 2 is 2.46 bits per heavy atom. The number of nitrogens with two attached hydrogens (primary N) is 1. The summed E-state index contributed by atoms with van der Waals surface area (Å²) in [7, 11) is 0. The van der Waals surface area contributed by atoms with Crippen LogP contribution in [0, 0.1) is 6.92 Å². The predicted octanol–water partition coefficient (Wildman–Crippen LogP) is 0.946. The van der Waals surface area contributed by atoms with Crippen LogP contribution in [0.15, 0.2) is 16.7 Å². The van der Waals surface area contributed by atoms with Gasteiger partial charge in [0.2, 0.25) is 5.89 Å². The lowest BCUT2D eigenvalue weighted by Crippen LogP contribution is -2.34. The molecule has 2 rings (SSSR count). The van der Waals surface area contributed by atoms with Gasteiger partial charge in [-0.25, -0.2) is 9.99 Å². The third kappa shape index (κ3) is 1.79. The first-order valence-electron chi connectivity index (χ1n) is 4.37. The average molecular weight is 179 g/mol. The monoisotopic (exact) mass is 179 g/mol. The van der Waals surface area contributed by atoms with Crippen molar-refractivity contribution in [2.45, 2.75) is 13.3 Å². The Morgan fingerprint density at radius 1 is 1.62 bits per heavy atom.